The summed E-state index contributed by atoms with van der Waals surface area (Å²) in [4.78, 5) is 12.4. The number of hydrogen-bond donors (Lipinski definition) is 2. The highest BCUT2D eigenvalue weighted by Crippen LogP contribution is 2.36. The van der Waals surface area contributed by atoms with Crippen LogP contribution in [-0.4, -0.2) is 30.2 Å². The molecule has 0 radical (unpaired) electrons. The largest absolute Gasteiger partial charge is 0.454 e. The molecule has 0 bridgehead atoms. The average molecular weight is 294 g/mol. The molecule has 1 fully saturated rings. The predicted molar refractivity (Wildman–Crippen MR) is 79.4 cm³/mol. The van der Waals surface area contributed by atoms with E-state index >= 15 is 0 Å². The number of hydrogen-bond acceptors (Lipinski definition) is 5. The van der Waals surface area contributed by atoms with Crippen LogP contribution in [0.15, 0.2) is 12.1 Å². The number of anilines is 1. The number of fused-ring (bicyclic) bond motifs is 1. The molecule has 1 aromatic carbocycles. The van der Waals surface area contributed by atoms with Gasteiger partial charge in [-0.25, -0.2) is 0 Å². The molecule has 2 aliphatic rings. The maximum Gasteiger partial charge on any atom is 0.253 e. The predicted octanol–water partition coefficient (Wildman–Crippen LogP) is 2.01. The Balaban J connectivity index is 1.77. The minimum Gasteiger partial charge on any atom is -0.454 e. The molecule has 3 rings (SSSR count). The standard InChI is InChI=1S/C14H18N2O3S/c1-20-13-4-2-3-10(13)16-14(17)8-5-11-12(6-9(8)15)19-7-18-11/h5-6,10,13H,2-4,7,15H2,1H3,(H,16,17). The molecule has 0 saturated heterocycles. The van der Waals surface area contributed by atoms with E-state index in [9.17, 15) is 4.79 Å². The van der Waals surface area contributed by atoms with Crippen LogP contribution in [0.2, 0.25) is 0 Å². The van der Waals surface area contributed by atoms with Crippen molar-refractivity contribution in [3.8, 4) is 11.5 Å². The second-order valence-corrected chi connectivity index (χ2v) is 6.15. The topological polar surface area (TPSA) is 73.6 Å². The molecule has 2 unspecified atom stereocenters. The summed E-state index contributed by atoms with van der Waals surface area (Å²) in [6.45, 7) is 0.178. The number of rotatable bonds is 3. The molecule has 1 heterocycles. The van der Waals surface area contributed by atoms with Crippen molar-refractivity contribution in [3.05, 3.63) is 17.7 Å². The zero-order valence-corrected chi connectivity index (χ0v) is 12.2. The van der Waals surface area contributed by atoms with E-state index < -0.39 is 0 Å². The Labute approximate surface area is 122 Å². The molecule has 20 heavy (non-hydrogen) atoms. The average Bonchev–Trinajstić information content (AvgIpc) is 3.05. The van der Waals surface area contributed by atoms with Crippen LogP contribution in [0.25, 0.3) is 0 Å². The summed E-state index contributed by atoms with van der Waals surface area (Å²) >= 11 is 1.81. The van der Waals surface area contributed by atoms with E-state index in [1.807, 2.05) is 11.8 Å². The summed E-state index contributed by atoms with van der Waals surface area (Å²) in [7, 11) is 0. The molecule has 1 saturated carbocycles. The van der Waals surface area contributed by atoms with Gasteiger partial charge in [-0.3, -0.25) is 4.79 Å². The van der Waals surface area contributed by atoms with Gasteiger partial charge in [-0.1, -0.05) is 6.42 Å². The van der Waals surface area contributed by atoms with Crippen molar-refractivity contribution in [2.45, 2.75) is 30.6 Å². The van der Waals surface area contributed by atoms with Gasteiger partial charge < -0.3 is 20.5 Å². The van der Waals surface area contributed by atoms with E-state index in [1.54, 1.807) is 12.1 Å². The molecule has 2 atom stereocenters. The Morgan fingerprint density at radius 1 is 1.35 bits per heavy atom. The summed E-state index contributed by atoms with van der Waals surface area (Å²) in [6, 6.07) is 3.54. The van der Waals surface area contributed by atoms with Gasteiger partial charge >= 0.3 is 0 Å². The lowest BCUT2D eigenvalue weighted by molar-refractivity contribution is 0.0939. The molecule has 6 heteroatoms. The third kappa shape index (κ3) is 2.40. The molecule has 0 aromatic heterocycles. The summed E-state index contributed by atoms with van der Waals surface area (Å²) in [5.41, 5.74) is 6.82. The zero-order chi connectivity index (χ0) is 14.1. The van der Waals surface area contributed by atoms with Crippen molar-refractivity contribution in [1.82, 2.24) is 5.32 Å². The minimum absolute atomic E-state index is 0.133. The van der Waals surface area contributed by atoms with Crippen molar-refractivity contribution in [2.24, 2.45) is 0 Å². The highest BCUT2D eigenvalue weighted by molar-refractivity contribution is 7.99. The summed E-state index contributed by atoms with van der Waals surface area (Å²) < 4.78 is 10.5. The Bertz CT molecular complexity index is 535. The number of thioether (sulfide) groups is 1. The molecule has 1 amide bonds. The lowest BCUT2D eigenvalue weighted by Crippen LogP contribution is -2.38. The van der Waals surface area contributed by atoms with Crippen LogP contribution in [-0.2, 0) is 0 Å². The van der Waals surface area contributed by atoms with E-state index in [0.29, 0.717) is 28.0 Å². The van der Waals surface area contributed by atoms with E-state index in [1.165, 1.54) is 0 Å². The maximum absolute atomic E-state index is 12.4. The fourth-order valence-corrected chi connectivity index (χ4v) is 3.71. The highest BCUT2D eigenvalue weighted by Gasteiger charge is 2.29. The van der Waals surface area contributed by atoms with Gasteiger partial charge in [-0.05, 0) is 25.2 Å². The molecule has 108 valence electrons. The number of nitrogens with one attached hydrogen (secondary N) is 1. The van der Waals surface area contributed by atoms with Crippen LogP contribution in [0.1, 0.15) is 29.6 Å². The van der Waals surface area contributed by atoms with Crippen LogP contribution in [0.3, 0.4) is 0 Å². The third-order valence-corrected chi connectivity index (χ3v) is 5.03. The van der Waals surface area contributed by atoms with Gasteiger partial charge in [0.25, 0.3) is 5.91 Å². The lowest BCUT2D eigenvalue weighted by atomic mass is 10.1. The first-order chi connectivity index (χ1) is 9.69. The molecular formula is C14H18N2O3S. The Hall–Kier alpha value is -1.56. The normalized spacial score (nSPS) is 23.9. The lowest BCUT2D eigenvalue weighted by Gasteiger charge is -2.19. The summed E-state index contributed by atoms with van der Waals surface area (Å²) in [5.74, 6) is 1.05. The molecular weight excluding hydrogens is 276 g/mol. The van der Waals surface area contributed by atoms with Crippen LogP contribution >= 0.6 is 11.8 Å². The fraction of sp³-hybridized carbons (Fsp3) is 0.500. The van der Waals surface area contributed by atoms with Gasteiger partial charge in [0.2, 0.25) is 6.79 Å². The van der Waals surface area contributed by atoms with Crippen molar-refractivity contribution < 1.29 is 14.3 Å². The zero-order valence-electron chi connectivity index (χ0n) is 11.3. The molecule has 0 spiro atoms. The van der Waals surface area contributed by atoms with Crippen LogP contribution in [0.5, 0.6) is 11.5 Å². The number of benzene rings is 1. The molecule has 1 aliphatic carbocycles. The van der Waals surface area contributed by atoms with Gasteiger partial charge in [-0.15, -0.1) is 0 Å². The van der Waals surface area contributed by atoms with Gasteiger partial charge in [-0.2, -0.15) is 11.8 Å². The smallest absolute Gasteiger partial charge is 0.253 e. The van der Waals surface area contributed by atoms with Crippen LogP contribution < -0.4 is 20.5 Å². The molecule has 1 aliphatic heterocycles. The quantitative estimate of drug-likeness (QED) is 0.834. The Morgan fingerprint density at radius 3 is 2.85 bits per heavy atom. The van der Waals surface area contributed by atoms with Crippen molar-refractivity contribution in [3.63, 3.8) is 0 Å². The van der Waals surface area contributed by atoms with Gasteiger partial charge in [0.1, 0.15) is 0 Å². The number of carbonyl (C=O) groups is 1. The SMILES string of the molecule is CSC1CCCC1NC(=O)c1cc2c(cc1N)OCO2. The van der Waals surface area contributed by atoms with Crippen LogP contribution in [0, 0.1) is 0 Å². The first kappa shape index (κ1) is 13.4. The maximum atomic E-state index is 12.4. The first-order valence-electron chi connectivity index (χ1n) is 6.72. The van der Waals surface area contributed by atoms with Gasteiger partial charge in [0.05, 0.1) is 5.56 Å². The summed E-state index contributed by atoms with van der Waals surface area (Å²) in [5, 5.41) is 3.59. The second kappa shape index (κ2) is 5.44. The fourth-order valence-electron chi connectivity index (χ4n) is 2.77. The van der Waals surface area contributed by atoms with Crippen molar-refractivity contribution in [2.75, 3.05) is 18.8 Å². The highest BCUT2D eigenvalue weighted by atomic mass is 32.2. The molecule has 5 nitrogen and oxygen atoms in total. The van der Waals surface area contributed by atoms with E-state index in [-0.39, 0.29) is 18.7 Å². The molecule has 1 aromatic rings. The van der Waals surface area contributed by atoms with Crippen molar-refractivity contribution in [1.29, 1.82) is 0 Å². The monoisotopic (exact) mass is 294 g/mol. The molecule has 3 N–H and O–H groups in total. The van der Waals surface area contributed by atoms with Gasteiger partial charge in [0, 0.05) is 23.0 Å². The Morgan fingerprint density at radius 2 is 2.10 bits per heavy atom. The number of carbonyl (C=O) groups excluding carboxylic acids is 1. The number of ether oxygens (including phenoxy) is 2. The van der Waals surface area contributed by atoms with Crippen LogP contribution in [0.4, 0.5) is 5.69 Å². The number of nitrogens with two attached hydrogens (primary N) is 1. The number of amides is 1. The third-order valence-electron chi connectivity index (χ3n) is 3.86. The first-order valence-corrected chi connectivity index (χ1v) is 8.00. The van der Waals surface area contributed by atoms with Gasteiger partial charge in [0.15, 0.2) is 11.5 Å². The Kier molecular flexibility index (Phi) is 3.65. The van der Waals surface area contributed by atoms with E-state index in [2.05, 4.69) is 11.6 Å². The second-order valence-electron chi connectivity index (χ2n) is 5.08. The van der Waals surface area contributed by atoms with E-state index in [4.69, 9.17) is 15.2 Å². The minimum atomic E-state index is -0.133. The van der Waals surface area contributed by atoms with E-state index in [0.717, 1.165) is 19.3 Å². The van der Waals surface area contributed by atoms with Crippen molar-refractivity contribution >= 4 is 23.4 Å². The summed E-state index contributed by atoms with van der Waals surface area (Å²) in [6.07, 6.45) is 5.43. The number of nitrogen functional groups attached to an aromatic ring is 1.